The van der Waals surface area contributed by atoms with Gasteiger partial charge in [-0.2, -0.15) is 0 Å². The van der Waals surface area contributed by atoms with Gasteiger partial charge < -0.3 is 25.2 Å². The number of nitrogens with zero attached hydrogens (tertiary/aromatic N) is 1. The molecule has 1 aromatic rings. The zero-order valence-electron chi connectivity index (χ0n) is 17.0. The third-order valence-corrected chi connectivity index (χ3v) is 6.76. The summed E-state index contributed by atoms with van der Waals surface area (Å²) < 4.78 is 11.6. The molecule has 0 spiro atoms. The van der Waals surface area contributed by atoms with Crippen molar-refractivity contribution >= 4 is 40.8 Å². The van der Waals surface area contributed by atoms with Crippen molar-refractivity contribution < 1.29 is 24.2 Å². The highest BCUT2D eigenvalue weighted by Gasteiger charge is 2.36. The third-order valence-electron chi connectivity index (χ3n) is 6.08. The topological polar surface area (TPSA) is 102 Å². The number of likely N-dealkylation sites (tertiary alicyclic amines) is 1. The second kappa shape index (κ2) is 10.2. The van der Waals surface area contributed by atoms with Gasteiger partial charge in [-0.15, -0.1) is 0 Å². The molecule has 166 valence electrons. The van der Waals surface area contributed by atoms with E-state index in [1.165, 1.54) is 0 Å². The van der Waals surface area contributed by atoms with E-state index in [9.17, 15) is 9.59 Å². The molecule has 3 N–H and O–H groups in total. The minimum absolute atomic E-state index is 0.0319. The number of hydrogen-bond donors (Lipinski definition) is 2. The molecule has 0 aromatic heterocycles. The molecule has 1 aliphatic heterocycles. The number of hydrogen-bond acceptors (Lipinski definition) is 5. The van der Waals surface area contributed by atoms with Gasteiger partial charge in [0.15, 0.2) is 0 Å². The highest BCUT2D eigenvalue weighted by atomic mass is 35.5. The molecule has 0 unspecified atom stereocenters. The summed E-state index contributed by atoms with van der Waals surface area (Å²) in [4.78, 5) is 25.9. The number of amides is 1. The van der Waals surface area contributed by atoms with E-state index in [0.29, 0.717) is 53.7 Å². The number of nitrogen functional groups attached to an aromatic ring is 1. The lowest BCUT2D eigenvalue weighted by Gasteiger charge is -2.30. The van der Waals surface area contributed by atoms with Crippen LogP contribution in [0.5, 0.6) is 0 Å². The molecule has 2 atom stereocenters. The van der Waals surface area contributed by atoms with Gasteiger partial charge >= 0.3 is 5.97 Å². The summed E-state index contributed by atoms with van der Waals surface area (Å²) in [7, 11) is 1.64. The maximum absolute atomic E-state index is 13.0. The van der Waals surface area contributed by atoms with Crippen LogP contribution in [0, 0.1) is 5.92 Å². The normalized spacial score (nSPS) is 26.7. The number of ether oxygens (including phenoxy) is 2. The van der Waals surface area contributed by atoms with E-state index in [1.807, 2.05) is 0 Å². The van der Waals surface area contributed by atoms with Gasteiger partial charge in [-0.1, -0.05) is 23.2 Å². The Morgan fingerprint density at radius 1 is 1.17 bits per heavy atom. The number of methoxy groups -OCH3 is 1. The highest BCUT2D eigenvalue weighted by Crippen LogP contribution is 2.30. The van der Waals surface area contributed by atoms with Crippen LogP contribution in [0.2, 0.25) is 10.0 Å². The Bertz CT molecular complexity index is 783. The molecular formula is C21H28Cl2N2O5. The van der Waals surface area contributed by atoms with Gasteiger partial charge in [0.25, 0.3) is 0 Å². The number of carboxylic acid groups (broad SMARTS) is 1. The molecule has 0 bridgehead atoms. The van der Waals surface area contributed by atoms with Gasteiger partial charge in [0.1, 0.15) is 0 Å². The molecular weight excluding hydrogens is 431 g/mol. The number of benzene rings is 1. The fourth-order valence-electron chi connectivity index (χ4n) is 4.23. The van der Waals surface area contributed by atoms with E-state index in [0.717, 1.165) is 12.8 Å². The first-order valence-corrected chi connectivity index (χ1v) is 10.9. The fourth-order valence-corrected chi connectivity index (χ4v) is 4.66. The minimum atomic E-state index is -0.731. The van der Waals surface area contributed by atoms with E-state index >= 15 is 0 Å². The second-order valence-corrected chi connectivity index (χ2v) is 8.89. The fraction of sp³-hybridized carbons (Fsp3) is 0.619. The zero-order valence-corrected chi connectivity index (χ0v) is 18.5. The van der Waals surface area contributed by atoms with Crippen molar-refractivity contribution in [2.45, 2.75) is 56.8 Å². The predicted octanol–water partition coefficient (Wildman–Crippen LogP) is 3.39. The summed E-state index contributed by atoms with van der Waals surface area (Å²) in [5.41, 5.74) is 6.77. The van der Waals surface area contributed by atoms with Gasteiger partial charge in [0.2, 0.25) is 5.91 Å². The smallest absolute Gasteiger partial charge is 0.306 e. The zero-order chi connectivity index (χ0) is 21.8. The molecule has 7 nitrogen and oxygen atoms in total. The largest absolute Gasteiger partial charge is 0.481 e. The molecule has 1 saturated carbocycles. The van der Waals surface area contributed by atoms with Crippen LogP contribution >= 0.6 is 23.2 Å². The number of nitrogens with two attached hydrogens (primary N) is 1. The van der Waals surface area contributed by atoms with Crippen LogP contribution in [-0.4, -0.2) is 60.4 Å². The number of carbonyl (C=O) groups is 2. The lowest BCUT2D eigenvalue weighted by molar-refractivity contribution is -0.144. The molecule has 1 aromatic carbocycles. The van der Waals surface area contributed by atoms with Crippen molar-refractivity contribution in [2.24, 2.45) is 5.92 Å². The molecule has 30 heavy (non-hydrogen) atoms. The van der Waals surface area contributed by atoms with Gasteiger partial charge in [-0.25, -0.2) is 0 Å². The third kappa shape index (κ3) is 5.58. The minimum Gasteiger partial charge on any atom is -0.481 e. The van der Waals surface area contributed by atoms with Crippen LogP contribution in [0.4, 0.5) is 5.69 Å². The van der Waals surface area contributed by atoms with Crippen molar-refractivity contribution in [1.29, 1.82) is 0 Å². The first-order valence-electron chi connectivity index (χ1n) is 10.2. The number of halogens is 2. The number of aliphatic carboxylic acids is 1. The van der Waals surface area contributed by atoms with E-state index in [1.54, 1.807) is 24.1 Å². The molecule has 2 fully saturated rings. The summed E-state index contributed by atoms with van der Waals surface area (Å²) >= 11 is 12.3. The maximum Gasteiger partial charge on any atom is 0.306 e. The second-order valence-electron chi connectivity index (χ2n) is 8.08. The number of carbonyl (C=O) groups excluding carboxylic acids is 1. The maximum atomic E-state index is 13.0. The Kier molecular flexibility index (Phi) is 7.85. The molecule has 0 radical (unpaired) electrons. The number of carboxylic acids is 1. The molecule has 1 saturated heterocycles. The first kappa shape index (κ1) is 23.1. The van der Waals surface area contributed by atoms with Crippen LogP contribution in [-0.2, 0) is 25.5 Å². The summed E-state index contributed by atoms with van der Waals surface area (Å²) in [5, 5.41) is 9.91. The Hall–Kier alpha value is -1.54. The Balaban J connectivity index is 1.59. The van der Waals surface area contributed by atoms with Crippen LogP contribution in [0.3, 0.4) is 0 Å². The Morgan fingerprint density at radius 2 is 1.87 bits per heavy atom. The Morgan fingerprint density at radius 3 is 2.50 bits per heavy atom. The van der Waals surface area contributed by atoms with E-state index < -0.39 is 5.97 Å². The van der Waals surface area contributed by atoms with Crippen molar-refractivity contribution in [3.8, 4) is 0 Å². The van der Waals surface area contributed by atoms with E-state index in [4.69, 9.17) is 43.5 Å². The summed E-state index contributed by atoms with van der Waals surface area (Å²) in [5.74, 6) is -1.07. The highest BCUT2D eigenvalue weighted by molar-refractivity contribution is 6.35. The van der Waals surface area contributed by atoms with Crippen molar-refractivity contribution in [3.05, 3.63) is 27.7 Å². The van der Waals surface area contributed by atoms with Gasteiger partial charge in [0.05, 0.1) is 47.9 Å². The monoisotopic (exact) mass is 458 g/mol. The average molecular weight is 459 g/mol. The van der Waals surface area contributed by atoms with Gasteiger partial charge in [-0.05, 0) is 49.8 Å². The lowest BCUT2D eigenvalue weighted by atomic mass is 9.87. The average Bonchev–Trinajstić information content (AvgIpc) is 3.14. The summed E-state index contributed by atoms with van der Waals surface area (Å²) in [6.07, 6.45) is 3.52. The van der Waals surface area contributed by atoms with Crippen molar-refractivity contribution in [2.75, 3.05) is 26.0 Å². The first-order chi connectivity index (χ1) is 14.3. The molecule has 3 rings (SSSR count). The van der Waals surface area contributed by atoms with Crippen LogP contribution in [0.25, 0.3) is 0 Å². The number of anilines is 1. The Labute approximate surface area is 186 Å². The van der Waals surface area contributed by atoms with Gasteiger partial charge in [0, 0.05) is 18.7 Å². The quantitative estimate of drug-likeness (QED) is 0.606. The number of rotatable bonds is 7. The van der Waals surface area contributed by atoms with Crippen molar-refractivity contribution in [1.82, 2.24) is 4.90 Å². The van der Waals surface area contributed by atoms with Crippen LogP contribution in [0.1, 0.15) is 37.7 Å². The molecule has 2 aliphatic rings. The van der Waals surface area contributed by atoms with Crippen molar-refractivity contribution in [3.63, 3.8) is 0 Å². The standard InChI is InChI=1S/C21H28Cl2N2O5/c1-29-16-8-14(11-30-15-4-2-12(3-5-15)21(27)28)25(10-16)20(26)7-13-6-18(23)19(24)9-17(13)22/h6,9,12,14-16H,2-5,7-8,10-11,24H2,1H3,(H,27,28)/t12-,14-,15-,16-/m0/s1. The molecule has 1 amide bonds. The lowest BCUT2D eigenvalue weighted by Crippen LogP contribution is -2.40. The molecule has 1 heterocycles. The van der Waals surface area contributed by atoms with E-state index in [-0.39, 0.29) is 36.5 Å². The molecule has 9 heteroatoms. The van der Waals surface area contributed by atoms with Crippen LogP contribution in [0.15, 0.2) is 12.1 Å². The summed E-state index contributed by atoms with van der Waals surface area (Å²) in [6, 6.07) is 3.10. The van der Waals surface area contributed by atoms with Crippen LogP contribution < -0.4 is 5.73 Å². The van der Waals surface area contributed by atoms with E-state index in [2.05, 4.69) is 0 Å². The van der Waals surface area contributed by atoms with Gasteiger partial charge in [-0.3, -0.25) is 9.59 Å². The summed E-state index contributed by atoms with van der Waals surface area (Å²) in [6.45, 7) is 0.902. The SMILES string of the molecule is CO[C@H]1C[C@@H](CO[C@H]2CC[C@H](C(=O)O)CC2)N(C(=O)Cc2cc(Cl)c(N)cc2Cl)C1. The molecule has 1 aliphatic carbocycles. The predicted molar refractivity (Wildman–Crippen MR) is 115 cm³/mol.